The van der Waals surface area contributed by atoms with E-state index in [0.717, 1.165) is 0 Å². The Balaban J connectivity index is 2.93. The van der Waals surface area contributed by atoms with Gasteiger partial charge in [-0.15, -0.1) is 0 Å². The van der Waals surface area contributed by atoms with Gasteiger partial charge in [0.25, 0.3) is 5.69 Å². The molecule has 0 radical (unpaired) electrons. The van der Waals surface area contributed by atoms with Crippen LogP contribution in [0.3, 0.4) is 0 Å². The second-order valence-corrected chi connectivity index (χ2v) is 2.79. The molecule has 15 heavy (non-hydrogen) atoms. The van der Waals surface area contributed by atoms with Gasteiger partial charge in [0.05, 0.1) is 4.92 Å². The lowest BCUT2D eigenvalue weighted by Gasteiger charge is -2.08. The summed E-state index contributed by atoms with van der Waals surface area (Å²) in [5.41, 5.74) is 5.84. The quantitative estimate of drug-likeness (QED) is 0.593. The van der Waals surface area contributed by atoms with Crippen LogP contribution in [0.15, 0.2) is 18.2 Å². The molecule has 5 nitrogen and oxygen atoms in total. The Morgan fingerprint density at radius 1 is 1.53 bits per heavy atom. The van der Waals surface area contributed by atoms with Crippen molar-refractivity contribution in [2.75, 3.05) is 13.3 Å². The van der Waals surface area contributed by atoms with Crippen molar-refractivity contribution < 1.29 is 14.1 Å². The Morgan fingerprint density at radius 3 is 2.80 bits per heavy atom. The van der Waals surface area contributed by atoms with Gasteiger partial charge in [-0.05, 0) is 6.07 Å². The topological polar surface area (TPSA) is 78.4 Å². The molecular formula is C9H11FN2O3. The van der Waals surface area contributed by atoms with Gasteiger partial charge in [0.2, 0.25) is 0 Å². The van der Waals surface area contributed by atoms with Gasteiger partial charge >= 0.3 is 0 Å². The predicted molar refractivity (Wildman–Crippen MR) is 52.5 cm³/mol. The first-order chi connectivity index (χ1) is 7.19. The van der Waals surface area contributed by atoms with Crippen LogP contribution in [0.5, 0.6) is 5.75 Å². The predicted octanol–water partition coefficient (Wildman–Crippen LogP) is 1.40. The van der Waals surface area contributed by atoms with Crippen LogP contribution in [0.25, 0.3) is 0 Å². The summed E-state index contributed by atoms with van der Waals surface area (Å²) in [6.07, 6.45) is 0. The van der Waals surface area contributed by atoms with Crippen LogP contribution in [-0.4, -0.2) is 18.2 Å². The van der Waals surface area contributed by atoms with Crippen molar-refractivity contribution in [2.45, 2.75) is 6.54 Å². The fourth-order valence-electron chi connectivity index (χ4n) is 1.13. The molecule has 0 fully saturated rings. The molecule has 0 saturated heterocycles. The van der Waals surface area contributed by atoms with E-state index >= 15 is 0 Å². The van der Waals surface area contributed by atoms with Crippen molar-refractivity contribution in [3.63, 3.8) is 0 Å². The van der Waals surface area contributed by atoms with Crippen molar-refractivity contribution in [2.24, 2.45) is 5.73 Å². The number of hydrogen-bond acceptors (Lipinski definition) is 4. The van der Waals surface area contributed by atoms with E-state index in [9.17, 15) is 14.5 Å². The van der Waals surface area contributed by atoms with Gasteiger partial charge in [-0.1, -0.05) is 0 Å². The first kappa shape index (κ1) is 11.4. The van der Waals surface area contributed by atoms with Crippen LogP contribution < -0.4 is 10.5 Å². The smallest absolute Gasteiger partial charge is 0.270 e. The van der Waals surface area contributed by atoms with Crippen LogP contribution in [0.4, 0.5) is 10.1 Å². The number of halogens is 1. The molecule has 82 valence electrons. The average Bonchev–Trinajstić information content (AvgIpc) is 2.25. The second kappa shape index (κ2) is 5.26. The minimum Gasteiger partial charge on any atom is -0.491 e. The number of non-ortho nitro benzene ring substituents is 1. The third-order valence-electron chi connectivity index (χ3n) is 1.81. The highest BCUT2D eigenvalue weighted by atomic mass is 19.1. The lowest BCUT2D eigenvalue weighted by molar-refractivity contribution is -0.384. The van der Waals surface area contributed by atoms with Crippen LogP contribution in [0.2, 0.25) is 0 Å². The Bertz CT molecular complexity index is 357. The Hall–Kier alpha value is -1.69. The van der Waals surface area contributed by atoms with Crippen molar-refractivity contribution in [1.82, 2.24) is 0 Å². The number of hydrogen-bond donors (Lipinski definition) is 1. The zero-order valence-electron chi connectivity index (χ0n) is 7.98. The second-order valence-electron chi connectivity index (χ2n) is 2.79. The molecular weight excluding hydrogens is 203 g/mol. The summed E-state index contributed by atoms with van der Waals surface area (Å²) in [5, 5.41) is 10.5. The summed E-state index contributed by atoms with van der Waals surface area (Å²) in [6, 6.07) is 4.05. The van der Waals surface area contributed by atoms with Crippen molar-refractivity contribution in [1.29, 1.82) is 0 Å². The van der Waals surface area contributed by atoms with Gasteiger partial charge in [0.15, 0.2) is 0 Å². The number of benzene rings is 1. The van der Waals surface area contributed by atoms with Gasteiger partial charge in [-0.3, -0.25) is 10.1 Å². The van der Waals surface area contributed by atoms with Crippen molar-refractivity contribution in [3.8, 4) is 5.75 Å². The third-order valence-corrected chi connectivity index (χ3v) is 1.81. The number of nitrogens with zero attached hydrogens (tertiary/aromatic N) is 1. The van der Waals surface area contributed by atoms with E-state index in [0.29, 0.717) is 11.3 Å². The molecule has 6 heteroatoms. The monoisotopic (exact) mass is 214 g/mol. The Labute approximate surface area is 85.8 Å². The largest absolute Gasteiger partial charge is 0.491 e. The van der Waals surface area contributed by atoms with E-state index in [4.69, 9.17) is 10.5 Å². The highest BCUT2D eigenvalue weighted by molar-refractivity contribution is 5.43. The fourth-order valence-corrected chi connectivity index (χ4v) is 1.13. The molecule has 0 atom stereocenters. The number of nitro groups is 1. The normalized spacial score (nSPS) is 10.0. The van der Waals surface area contributed by atoms with Crippen LogP contribution in [0, 0.1) is 10.1 Å². The van der Waals surface area contributed by atoms with Crippen LogP contribution in [-0.2, 0) is 6.54 Å². The van der Waals surface area contributed by atoms with Crippen LogP contribution in [0.1, 0.15) is 5.56 Å². The van der Waals surface area contributed by atoms with Crippen molar-refractivity contribution in [3.05, 3.63) is 33.9 Å². The lowest BCUT2D eigenvalue weighted by Crippen LogP contribution is -2.05. The highest BCUT2D eigenvalue weighted by Crippen LogP contribution is 2.23. The van der Waals surface area contributed by atoms with Crippen LogP contribution >= 0.6 is 0 Å². The Kier molecular flexibility index (Phi) is 3.99. The maximum absolute atomic E-state index is 11.9. The molecule has 1 aromatic carbocycles. The summed E-state index contributed by atoms with van der Waals surface area (Å²) in [7, 11) is 0. The summed E-state index contributed by atoms with van der Waals surface area (Å²) < 4.78 is 16.9. The summed E-state index contributed by atoms with van der Waals surface area (Å²) in [4.78, 5) is 9.94. The molecule has 0 aliphatic heterocycles. The first-order valence-electron chi connectivity index (χ1n) is 4.35. The molecule has 2 N–H and O–H groups in total. The molecule has 0 spiro atoms. The number of rotatable bonds is 5. The minimum absolute atomic E-state index is 0.0527. The van der Waals surface area contributed by atoms with E-state index in [2.05, 4.69) is 0 Å². The first-order valence-corrected chi connectivity index (χ1v) is 4.35. The van der Waals surface area contributed by atoms with Gasteiger partial charge in [-0.2, -0.15) is 0 Å². The average molecular weight is 214 g/mol. The van der Waals surface area contributed by atoms with Gasteiger partial charge in [-0.25, -0.2) is 4.39 Å². The minimum atomic E-state index is -0.610. The molecule has 0 bridgehead atoms. The number of nitrogens with two attached hydrogens (primary N) is 1. The van der Waals surface area contributed by atoms with E-state index in [1.165, 1.54) is 18.2 Å². The lowest BCUT2D eigenvalue weighted by atomic mass is 10.2. The van der Waals surface area contributed by atoms with Gasteiger partial charge in [0, 0.05) is 24.2 Å². The molecule has 0 heterocycles. The zero-order valence-corrected chi connectivity index (χ0v) is 7.98. The summed E-state index contributed by atoms with van der Waals surface area (Å²) in [5.74, 6) is 0.390. The standard InChI is InChI=1S/C9H11FN2O3/c10-3-4-15-9-2-1-8(12(13)14)5-7(9)6-11/h1-2,5H,3-4,6,11H2. The molecule has 0 aromatic heterocycles. The van der Waals surface area contributed by atoms with E-state index < -0.39 is 11.6 Å². The van der Waals surface area contributed by atoms with E-state index in [1.54, 1.807) is 0 Å². The zero-order chi connectivity index (χ0) is 11.3. The SMILES string of the molecule is NCc1cc([N+](=O)[O-])ccc1OCCF. The van der Waals surface area contributed by atoms with Gasteiger partial charge in [0.1, 0.15) is 19.0 Å². The third kappa shape index (κ3) is 2.88. The summed E-state index contributed by atoms with van der Waals surface area (Å²) >= 11 is 0. The molecule has 0 aliphatic carbocycles. The molecule has 0 saturated carbocycles. The molecule has 0 amide bonds. The molecule has 0 aliphatic rings. The van der Waals surface area contributed by atoms with Crippen molar-refractivity contribution >= 4 is 5.69 Å². The van der Waals surface area contributed by atoms with E-state index in [-0.39, 0.29) is 18.8 Å². The Morgan fingerprint density at radius 2 is 2.27 bits per heavy atom. The number of nitro benzene ring substituents is 1. The maximum Gasteiger partial charge on any atom is 0.270 e. The highest BCUT2D eigenvalue weighted by Gasteiger charge is 2.10. The molecule has 1 rings (SSSR count). The van der Waals surface area contributed by atoms with E-state index in [1.807, 2.05) is 0 Å². The molecule has 1 aromatic rings. The fraction of sp³-hybridized carbons (Fsp3) is 0.333. The van der Waals surface area contributed by atoms with Gasteiger partial charge < -0.3 is 10.5 Å². The number of ether oxygens (including phenoxy) is 1. The molecule has 0 unspecified atom stereocenters. The summed E-state index contributed by atoms with van der Waals surface area (Å²) in [6.45, 7) is -0.574. The maximum atomic E-state index is 11.9. The number of alkyl halides is 1.